The molecular weight excluding hydrogens is 494 g/mol. The van der Waals surface area contributed by atoms with E-state index in [2.05, 4.69) is 21.4 Å². The summed E-state index contributed by atoms with van der Waals surface area (Å²) in [6.45, 7) is 1.83. The van der Waals surface area contributed by atoms with Crippen molar-refractivity contribution in [3.8, 4) is 17.0 Å². The first-order chi connectivity index (χ1) is 15.8. The van der Waals surface area contributed by atoms with E-state index >= 15 is 0 Å². The Morgan fingerprint density at radius 2 is 1.88 bits per heavy atom. The molecule has 0 saturated heterocycles. The van der Waals surface area contributed by atoms with Crippen molar-refractivity contribution >= 4 is 27.6 Å². The maximum absolute atomic E-state index is 14.1. The summed E-state index contributed by atoms with van der Waals surface area (Å²) < 4.78 is 35.8. The molecule has 2 N–H and O–H groups in total. The summed E-state index contributed by atoms with van der Waals surface area (Å²) in [6.07, 6.45) is 0. The van der Waals surface area contributed by atoms with Crippen molar-refractivity contribution < 1.29 is 23.4 Å². The number of aromatic nitrogens is 1. The van der Waals surface area contributed by atoms with E-state index in [9.17, 15) is 18.7 Å². The third-order valence-electron chi connectivity index (χ3n) is 5.04. The first-order valence-electron chi connectivity index (χ1n) is 9.97. The Bertz CT molecular complexity index is 1340. The second kappa shape index (κ2) is 9.46. The van der Waals surface area contributed by atoms with Crippen LogP contribution in [0.5, 0.6) is 5.75 Å². The second-order valence-corrected chi connectivity index (χ2v) is 8.27. The Morgan fingerprint density at radius 1 is 1.06 bits per heavy atom. The Balaban J connectivity index is 1.68. The van der Waals surface area contributed by atoms with E-state index in [1.54, 1.807) is 24.3 Å². The van der Waals surface area contributed by atoms with Gasteiger partial charge in [0.1, 0.15) is 24.0 Å². The standard InChI is InChI=1S/C25H19BrF2N2O3/c1-15-5-9-23(30(15)29-20-4-2-3-16(11-20)25(31)32)21-12-18(26)7-10-24(21)33-14-17-6-8-19(27)13-22(17)28/h2-13,29H,14H2,1H3,(H,31,32). The van der Waals surface area contributed by atoms with E-state index in [4.69, 9.17) is 4.74 Å². The highest BCUT2D eigenvalue weighted by molar-refractivity contribution is 9.10. The first-order valence-corrected chi connectivity index (χ1v) is 10.8. The van der Waals surface area contributed by atoms with Crippen molar-refractivity contribution in [1.82, 2.24) is 4.68 Å². The van der Waals surface area contributed by atoms with Crippen LogP contribution in [0, 0.1) is 18.6 Å². The van der Waals surface area contributed by atoms with Gasteiger partial charge in [-0.15, -0.1) is 0 Å². The number of halogens is 3. The number of carboxylic acids is 1. The van der Waals surface area contributed by atoms with Crippen LogP contribution in [-0.4, -0.2) is 15.8 Å². The number of nitrogens with one attached hydrogen (secondary N) is 1. The number of carbonyl (C=O) groups is 1. The van der Waals surface area contributed by atoms with Crippen molar-refractivity contribution in [2.24, 2.45) is 0 Å². The zero-order valence-corrected chi connectivity index (χ0v) is 19.1. The molecule has 0 aliphatic carbocycles. The molecule has 0 aliphatic rings. The molecule has 3 aromatic carbocycles. The van der Waals surface area contributed by atoms with Gasteiger partial charge in [0.25, 0.3) is 0 Å². The Kier molecular flexibility index (Phi) is 6.46. The summed E-state index contributed by atoms with van der Waals surface area (Å²) in [5.74, 6) is -1.83. The summed E-state index contributed by atoms with van der Waals surface area (Å²) in [6, 6.07) is 19.1. The van der Waals surface area contributed by atoms with Crippen molar-refractivity contribution in [1.29, 1.82) is 0 Å². The minimum atomic E-state index is -1.01. The van der Waals surface area contributed by atoms with E-state index < -0.39 is 17.6 Å². The van der Waals surface area contributed by atoms with Gasteiger partial charge in [0.05, 0.1) is 16.9 Å². The van der Waals surface area contributed by atoms with Crippen LogP contribution in [0.25, 0.3) is 11.3 Å². The maximum Gasteiger partial charge on any atom is 0.335 e. The summed E-state index contributed by atoms with van der Waals surface area (Å²) in [5, 5.41) is 9.27. The zero-order valence-electron chi connectivity index (χ0n) is 17.5. The van der Waals surface area contributed by atoms with Gasteiger partial charge in [0.2, 0.25) is 0 Å². The molecule has 4 aromatic rings. The zero-order chi connectivity index (χ0) is 23.5. The van der Waals surface area contributed by atoms with Crippen LogP contribution >= 0.6 is 15.9 Å². The molecule has 1 heterocycles. The van der Waals surface area contributed by atoms with Gasteiger partial charge in [-0.2, -0.15) is 0 Å². The minimum absolute atomic E-state index is 0.0749. The van der Waals surface area contributed by atoms with Gasteiger partial charge < -0.3 is 9.84 Å². The number of anilines is 1. The number of ether oxygens (including phenoxy) is 1. The summed E-state index contributed by atoms with van der Waals surface area (Å²) in [4.78, 5) is 11.3. The van der Waals surface area contributed by atoms with Crippen molar-refractivity contribution in [2.45, 2.75) is 13.5 Å². The largest absolute Gasteiger partial charge is 0.488 e. The normalized spacial score (nSPS) is 10.8. The molecule has 8 heteroatoms. The van der Waals surface area contributed by atoms with Gasteiger partial charge in [-0.3, -0.25) is 10.1 Å². The lowest BCUT2D eigenvalue weighted by Crippen LogP contribution is -2.13. The number of carboxylic acid groups (broad SMARTS) is 1. The second-order valence-electron chi connectivity index (χ2n) is 7.36. The maximum atomic E-state index is 14.1. The lowest BCUT2D eigenvalue weighted by Gasteiger charge is -2.18. The van der Waals surface area contributed by atoms with Gasteiger partial charge in [0.15, 0.2) is 0 Å². The van der Waals surface area contributed by atoms with Crippen LogP contribution < -0.4 is 10.2 Å². The smallest absolute Gasteiger partial charge is 0.335 e. The van der Waals surface area contributed by atoms with Gasteiger partial charge >= 0.3 is 5.97 Å². The average molecular weight is 513 g/mol. The van der Waals surface area contributed by atoms with E-state index in [0.717, 1.165) is 27.5 Å². The number of nitrogens with zero attached hydrogens (tertiary/aromatic N) is 1. The molecule has 0 atom stereocenters. The van der Waals surface area contributed by atoms with E-state index in [1.165, 1.54) is 18.2 Å². The fraction of sp³-hybridized carbons (Fsp3) is 0.0800. The Labute approximate surface area is 197 Å². The quantitative estimate of drug-likeness (QED) is 0.290. The van der Waals surface area contributed by atoms with Crippen LogP contribution in [0.1, 0.15) is 21.6 Å². The molecule has 0 aliphatic heterocycles. The van der Waals surface area contributed by atoms with Crippen LogP contribution in [-0.2, 0) is 6.61 Å². The average Bonchev–Trinajstić information content (AvgIpc) is 3.14. The number of hydrogen-bond donors (Lipinski definition) is 2. The molecule has 0 fully saturated rings. The fourth-order valence-corrected chi connectivity index (χ4v) is 3.73. The van der Waals surface area contributed by atoms with Crippen molar-refractivity contribution in [3.05, 3.63) is 106 Å². The van der Waals surface area contributed by atoms with Crippen molar-refractivity contribution in [3.63, 3.8) is 0 Å². The first kappa shape index (κ1) is 22.5. The molecule has 0 spiro atoms. The fourth-order valence-electron chi connectivity index (χ4n) is 3.37. The van der Waals surface area contributed by atoms with Crippen LogP contribution in [0.3, 0.4) is 0 Å². The molecule has 0 saturated carbocycles. The molecule has 168 valence electrons. The number of aryl methyl sites for hydroxylation is 1. The molecular formula is C25H19BrF2N2O3. The predicted molar refractivity (Wildman–Crippen MR) is 125 cm³/mol. The van der Waals surface area contributed by atoms with Gasteiger partial charge in [-0.05, 0) is 67.6 Å². The lowest BCUT2D eigenvalue weighted by atomic mass is 10.1. The molecule has 33 heavy (non-hydrogen) atoms. The third-order valence-corrected chi connectivity index (χ3v) is 5.54. The van der Waals surface area contributed by atoms with Gasteiger partial charge in [0, 0.05) is 27.4 Å². The highest BCUT2D eigenvalue weighted by Crippen LogP contribution is 2.35. The highest BCUT2D eigenvalue weighted by Gasteiger charge is 2.15. The Hall–Kier alpha value is -3.65. The lowest BCUT2D eigenvalue weighted by molar-refractivity contribution is 0.0697. The molecule has 5 nitrogen and oxygen atoms in total. The number of benzene rings is 3. The summed E-state index contributed by atoms with van der Waals surface area (Å²) in [7, 11) is 0. The summed E-state index contributed by atoms with van der Waals surface area (Å²) in [5.41, 5.74) is 6.59. The molecule has 0 unspecified atom stereocenters. The SMILES string of the molecule is Cc1ccc(-c2cc(Br)ccc2OCc2ccc(F)cc2F)n1Nc1cccc(C(=O)O)c1. The highest BCUT2D eigenvalue weighted by atomic mass is 79.9. The molecule has 0 radical (unpaired) electrons. The van der Waals surface area contributed by atoms with Crippen LogP contribution in [0.2, 0.25) is 0 Å². The van der Waals surface area contributed by atoms with E-state index in [1.807, 2.05) is 35.9 Å². The minimum Gasteiger partial charge on any atom is -0.488 e. The number of rotatable bonds is 7. The van der Waals surface area contributed by atoms with E-state index in [-0.39, 0.29) is 17.7 Å². The van der Waals surface area contributed by atoms with Crippen molar-refractivity contribution in [2.75, 3.05) is 5.43 Å². The van der Waals surface area contributed by atoms with Crippen LogP contribution in [0.15, 0.2) is 77.3 Å². The molecule has 4 rings (SSSR count). The molecule has 0 bridgehead atoms. The van der Waals surface area contributed by atoms with Gasteiger partial charge in [-0.1, -0.05) is 22.0 Å². The number of hydrogen-bond acceptors (Lipinski definition) is 3. The topological polar surface area (TPSA) is 63.5 Å². The monoisotopic (exact) mass is 512 g/mol. The molecule has 1 aromatic heterocycles. The van der Waals surface area contributed by atoms with Gasteiger partial charge in [-0.25, -0.2) is 13.6 Å². The van der Waals surface area contributed by atoms with E-state index in [0.29, 0.717) is 11.4 Å². The Morgan fingerprint density at radius 3 is 2.64 bits per heavy atom. The third kappa shape index (κ3) is 5.06. The number of aromatic carboxylic acids is 1. The predicted octanol–water partition coefficient (Wildman–Crippen LogP) is 6.66. The summed E-state index contributed by atoms with van der Waals surface area (Å²) >= 11 is 3.48. The van der Waals surface area contributed by atoms with Crippen LogP contribution in [0.4, 0.5) is 14.5 Å². The molecule has 0 amide bonds.